The third-order valence-electron chi connectivity index (χ3n) is 3.26. The lowest BCUT2D eigenvalue weighted by molar-refractivity contribution is -0.123. The molecule has 0 aliphatic rings. The van der Waals surface area contributed by atoms with Crippen molar-refractivity contribution in [2.45, 2.75) is 46.6 Å². The summed E-state index contributed by atoms with van der Waals surface area (Å²) >= 11 is 6.14. The molecule has 0 aliphatic heterocycles. The molecule has 21 heavy (non-hydrogen) atoms. The molecule has 1 atom stereocenters. The average molecular weight is 314 g/mol. The van der Waals surface area contributed by atoms with Gasteiger partial charge in [-0.3, -0.25) is 4.79 Å². The van der Waals surface area contributed by atoms with E-state index in [1.54, 1.807) is 12.1 Å². The maximum absolute atomic E-state index is 12.2. The van der Waals surface area contributed by atoms with E-state index in [9.17, 15) is 9.90 Å². The van der Waals surface area contributed by atoms with Crippen molar-refractivity contribution in [1.82, 2.24) is 0 Å². The first-order valence-electron chi connectivity index (χ1n) is 7.05. The Morgan fingerprint density at radius 2 is 2.05 bits per heavy atom. The third kappa shape index (κ3) is 4.61. The normalized spacial score (nSPS) is 12.9. The second-order valence-electron chi connectivity index (χ2n) is 6.08. The Labute approximate surface area is 131 Å². The van der Waals surface area contributed by atoms with Crippen LogP contribution in [0.3, 0.4) is 0 Å². The van der Waals surface area contributed by atoms with Gasteiger partial charge in [-0.2, -0.15) is 0 Å². The van der Waals surface area contributed by atoms with Gasteiger partial charge in [0.2, 0.25) is 5.91 Å². The van der Waals surface area contributed by atoms with Crippen LogP contribution in [0.4, 0.5) is 5.69 Å². The third-order valence-corrected chi connectivity index (χ3v) is 3.55. The highest BCUT2D eigenvalue weighted by Gasteiger charge is 2.24. The first-order chi connectivity index (χ1) is 9.70. The van der Waals surface area contributed by atoms with Gasteiger partial charge >= 0.3 is 0 Å². The molecule has 5 heteroatoms. The Bertz CT molecular complexity index is 509. The topological polar surface area (TPSA) is 58.6 Å². The minimum Gasteiger partial charge on any atom is -0.495 e. The lowest BCUT2D eigenvalue weighted by Gasteiger charge is -2.22. The van der Waals surface area contributed by atoms with Crippen molar-refractivity contribution in [3.63, 3.8) is 0 Å². The van der Waals surface area contributed by atoms with E-state index in [4.69, 9.17) is 16.3 Å². The van der Waals surface area contributed by atoms with Gasteiger partial charge in [0, 0.05) is 23.1 Å². The molecule has 118 valence electrons. The number of rotatable bonds is 5. The molecular formula is C16H24ClNO3. The first-order valence-corrected chi connectivity index (χ1v) is 7.43. The van der Waals surface area contributed by atoms with Gasteiger partial charge in [-0.25, -0.2) is 0 Å². The van der Waals surface area contributed by atoms with Crippen molar-refractivity contribution in [2.24, 2.45) is 5.41 Å². The van der Waals surface area contributed by atoms with E-state index in [-0.39, 0.29) is 5.91 Å². The summed E-state index contributed by atoms with van der Waals surface area (Å²) in [4.78, 5) is 12.2. The molecule has 0 fully saturated rings. The standard InChI is InChI=1S/C16H24ClNO3/c1-6-10(19)9-11-13(18-15(20)16(2,3)4)8-7-12(17)14(11)21-5/h7-8,10,19H,6,9H2,1-5H3,(H,18,20). The zero-order chi connectivity index (χ0) is 16.2. The van der Waals surface area contributed by atoms with Gasteiger partial charge < -0.3 is 15.2 Å². The van der Waals surface area contributed by atoms with Gasteiger partial charge in [0.05, 0.1) is 18.2 Å². The van der Waals surface area contributed by atoms with Crippen LogP contribution in [-0.4, -0.2) is 24.2 Å². The van der Waals surface area contributed by atoms with Gasteiger partial charge in [-0.05, 0) is 18.6 Å². The molecule has 1 aromatic rings. The van der Waals surface area contributed by atoms with Crippen molar-refractivity contribution in [3.05, 3.63) is 22.7 Å². The molecule has 0 saturated heterocycles. The zero-order valence-electron chi connectivity index (χ0n) is 13.3. The molecule has 1 rings (SSSR count). The Kier molecular flexibility index (Phi) is 6.05. The van der Waals surface area contributed by atoms with E-state index in [1.807, 2.05) is 27.7 Å². The number of ether oxygens (including phenoxy) is 1. The van der Waals surface area contributed by atoms with Crippen molar-refractivity contribution in [2.75, 3.05) is 12.4 Å². The van der Waals surface area contributed by atoms with Crippen molar-refractivity contribution < 1.29 is 14.6 Å². The average Bonchev–Trinajstić information content (AvgIpc) is 2.40. The monoisotopic (exact) mass is 313 g/mol. The van der Waals surface area contributed by atoms with E-state index >= 15 is 0 Å². The number of amides is 1. The molecule has 0 aliphatic carbocycles. The number of hydrogen-bond acceptors (Lipinski definition) is 3. The molecule has 0 heterocycles. The summed E-state index contributed by atoms with van der Waals surface area (Å²) in [7, 11) is 1.53. The van der Waals surface area contributed by atoms with Gasteiger partial charge in [0.1, 0.15) is 5.75 Å². The van der Waals surface area contributed by atoms with Crippen LogP contribution in [0.25, 0.3) is 0 Å². The fourth-order valence-electron chi connectivity index (χ4n) is 1.83. The summed E-state index contributed by atoms with van der Waals surface area (Å²) in [6.45, 7) is 7.43. The summed E-state index contributed by atoms with van der Waals surface area (Å²) in [5, 5.41) is 13.3. The number of anilines is 1. The number of benzene rings is 1. The second-order valence-corrected chi connectivity index (χ2v) is 6.48. The first kappa shape index (κ1) is 17.8. The minimum absolute atomic E-state index is 0.0980. The molecule has 0 saturated carbocycles. The molecule has 4 nitrogen and oxygen atoms in total. The Balaban J connectivity index is 3.21. The van der Waals surface area contributed by atoms with E-state index in [2.05, 4.69) is 5.32 Å². The highest BCUT2D eigenvalue weighted by molar-refractivity contribution is 6.32. The summed E-state index contributed by atoms with van der Waals surface area (Å²) in [6, 6.07) is 3.42. The lowest BCUT2D eigenvalue weighted by Crippen LogP contribution is -2.28. The van der Waals surface area contributed by atoms with E-state index in [0.29, 0.717) is 29.3 Å². The molecule has 1 amide bonds. The van der Waals surface area contributed by atoms with Crippen molar-refractivity contribution >= 4 is 23.2 Å². The fraction of sp³-hybridized carbons (Fsp3) is 0.562. The van der Waals surface area contributed by atoms with Gasteiger partial charge in [-0.15, -0.1) is 0 Å². The predicted molar refractivity (Wildman–Crippen MR) is 86.1 cm³/mol. The molecular weight excluding hydrogens is 290 g/mol. The summed E-state index contributed by atoms with van der Waals surface area (Å²) in [6.07, 6.45) is 0.477. The molecule has 2 N–H and O–H groups in total. The SMILES string of the molecule is CCC(O)Cc1c(NC(=O)C(C)(C)C)ccc(Cl)c1OC. The Hall–Kier alpha value is -1.26. The number of methoxy groups -OCH3 is 1. The highest BCUT2D eigenvalue weighted by Crippen LogP contribution is 2.36. The number of carbonyl (C=O) groups is 1. The van der Waals surface area contributed by atoms with Crippen LogP contribution >= 0.6 is 11.6 Å². The number of halogens is 1. The number of carbonyl (C=O) groups excluding carboxylic acids is 1. The van der Waals surface area contributed by atoms with E-state index in [1.165, 1.54) is 7.11 Å². The van der Waals surface area contributed by atoms with Crippen LogP contribution in [0.1, 0.15) is 39.7 Å². The van der Waals surface area contributed by atoms with Crippen LogP contribution < -0.4 is 10.1 Å². The maximum Gasteiger partial charge on any atom is 0.229 e. The summed E-state index contributed by atoms with van der Waals surface area (Å²) in [5.41, 5.74) is 0.841. The fourth-order valence-corrected chi connectivity index (χ4v) is 2.08. The molecule has 1 aromatic carbocycles. The van der Waals surface area contributed by atoms with E-state index in [0.717, 1.165) is 5.56 Å². The smallest absolute Gasteiger partial charge is 0.229 e. The van der Waals surface area contributed by atoms with Crippen LogP contribution in [0.5, 0.6) is 5.75 Å². The van der Waals surface area contributed by atoms with Gasteiger partial charge in [0.15, 0.2) is 0 Å². The quantitative estimate of drug-likeness (QED) is 0.872. The second kappa shape index (κ2) is 7.14. The summed E-state index contributed by atoms with van der Waals surface area (Å²) < 4.78 is 5.33. The number of aliphatic hydroxyl groups excluding tert-OH is 1. The molecule has 1 unspecified atom stereocenters. The van der Waals surface area contributed by atoms with E-state index < -0.39 is 11.5 Å². The molecule has 0 bridgehead atoms. The Morgan fingerprint density at radius 3 is 2.52 bits per heavy atom. The lowest BCUT2D eigenvalue weighted by atomic mass is 9.95. The van der Waals surface area contributed by atoms with Crippen LogP contribution in [-0.2, 0) is 11.2 Å². The Morgan fingerprint density at radius 1 is 1.43 bits per heavy atom. The van der Waals surface area contributed by atoms with Crippen molar-refractivity contribution in [1.29, 1.82) is 0 Å². The van der Waals surface area contributed by atoms with Gasteiger partial charge in [-0.1, -0.05) is 39.3 Å². The van der Waals surface area contributed by atoms with Gasteiger partial charge in [0.25, 0.3) is 0 Å². The molecule has 0 radical (unpaired) electrons. The van der Waals surface area contributed by atoms with Crippen LogP contribution in [0.15, 0.2) is 12.1 Å². The van der Waals surface area contributed by atoms with Crippen molar-refractivity contribution in [3.8, 4) is 5.75 Å². The van der Waals surface area contributed by atoms with Crippen LogP contribution in [0, 0.1) is 5.41 Å². The minimum atomic E-state index is -0.511. The zero-order valence-corrected chi connectivity index (χ0v) is 14.0. The van der Waals surface area contributed by atoms with Crippen LogP contribution in [0.2, 0.25) is 5.02 Å². The summed E-state index contributed by atoms with van der Waals surface area (Å²) in [5.74, 6) is 0.398. The molecule has 0 aromatic heterocycles. The number of nitrogens with one attached hydrogen (secondary N) is 1. The highest BCUT2D eigenvalue weighted by atomic mass is 35.5. The number of hydrogen-bond donors (Lipinski definition) is 2. The maximum atomic E-state index is 12.2. The largest absolute Gasteiger partial charge is 0.495 e. The molecule has 0 spiro atoms. The number of aliphatic hydroxyl groups is 1. The predicted octanol–water partition coefficient (Wildman–Crippen LogP) is 3.65.